The van der Waals surface area contributed by atoms with Gasteiger partial charge in [0.15, 0.2) is 0 Å². The molecular weight excluding hydrogens is 314 g/mol. The van der Waals surface area contributed by atoms with Crippen molar-refractivity contribution in [3.05, 3.63) is 23.8 Å². The van der Waals surface area contributed by atoms with E-state index in [1.54, 1.807) is 19.1 Å². The van der Waals surface area contributed by atoms with E-state index in [-0.39, 0.29) is 12.3 Å². The number of hydrogen-bond donors (Lipinski definition) is 1. The van der Waals surface area contributed by atoms with E-state index in [0.29, 0.717) is 44.0 Å². The fourth-order valence-corrected chi connectivity index (χ4v) is 2.74. The Hall–Kier alpha value is -2.28. The minimum atomic E-state index is -0.921. The maximum Gasteiger partial charge on any atom is 0.306 e. The van der Waals surface area contributed by atoms with Crippen molar-refractivity contribution in [1.29, 1.82) is 0 Å². The first-order valence-electron chi connectivity index (χ1n) is 7.85. The predicted octanol–water partition coefficient (Wildman–Crippen LogP) is 1.34. The van der Waals surface area contributed by atoms with Crippen LogP contribution in [0.1, 0.15) is 18.4 Å². The summed E-state index contributed by atoms with van der Waals surface area (Å²) in [4.78, 5) is 24.9. The number of amides is 1. The number of carboxylic acid groups (broad SMARTS) is 1. The predicted molar refractivity (Wildman–Crippen MR) is 86.4 cm³/mol. The van der Waals surface area contributed by atoms with Gasteiger partial charge in [-0.25, -0.2) is 0 Å². The lowest BCUT2D eigenvalue weighted by molar-refractivity contribution is -0.147. The van der Waals surface area contributed by atoms with E-state index in [1.807, 2.05) is 18.2 Å². The Kier molecular flexibility index (Phi) is 6.43. The molecule has 7 nitrogen and oxygen atoms in total. The summed E-state index contributed by atoms with van der Waals surface area (Å²) in [5, 5.41) is 8.84. The van der Waals surface area contributed by atoms with Crippen LogP contribution in [0.3, 0.4) is 0 Å². The molecule has 0 spiro atoms. The molecule has 2 rings (SSSR count). The average Bonchev–Trinajstić information content (AvgIpc) is 2.59. The molecule has 1 unspecified atom stereocenters. The number of aryl methyl sites for hydroxylation is 1. The van der Waals surface area contributed by atoms with Crippen molar-refractivity contribution in [3.8, 4) is 11.5 Å². The molecule has 1 atom stereocenters. The molecule has 0 radical (unpaired) electrons. The molecule has 24 heavy (non-hydrogen) atoms. The number of benzene rings is 1. The number of ether oxygens (including phenoxy) is 3. The smallest absolute Gasteiger partial charge is 0.306 e. The molecule has 1 amide bonds. The van der Waals surface area contributed by atoms with Crippen LogP contribution < -0.4 is 9.47 Å². The molecule has 1 aromatic rings. The molecule has 1 aliphatic rings. The summed E-state index contributed by atoms with van der Waals surface area (Å²) in [6.45, 7) is 1.18. The van der Waals surface area contributed by atoms with Crippen molar-refractivity contribution in [1.82, 2.24) is 4.90 Å². The highest BCUT2D eigenvalue weighted by molar-refractivity contribution is 5.77. The third-order valence-corrected chi connectivity index (χ3v) is 3.99. The molecule has 0 bridgehead atoms. The van der Waals surface area contributed by atoms with E-state index < -0.39 is 12.1 Å². The lowest BCUT2D eigenvalue weighted by Crippen LogP contribution is -2.46. The van der Waals surface area contributed by atoms with Crippen LogP contribution in [0.2, 0.25) is 0 Å². The Labute approximate surface area is 141 Å². The first-order valence-corrected chi connectivity index (χ1v) is 7.85. The number of carbonyl (C=O) groups excluding carboxylic acids is 1. The topological polar surface area (TPSA) is 85.3 Å². The number of carboxylic acids is 1. The monoisotopic (exact) mass is 337 g/mol. The zero-order valence-corrected chi connectivity index (χ0v) is 14.0. The molecule has 1 aromatic carbocycles. The number of hydrogen-bond acceptors (Lipinski definition) is 5. The van der Waals surface area contributed by atoms with E-state index in [1.165, 1.54) is 0 Å². The largest absolute Gasteiger partial charge is 0.497 e. The van der Waals surface area contributed by atoms with Gasteiger partial charge in [-0.3, -0.25) is 9.59 Å². The molecule has 1 N–H and O–H groups in total. The summed E-state index contributed by atoms with van der Waals surface area (Å²) in [6.07, 6.45) is 0.323. The van der Waals surface area contributed by atoms with E-state index in [0.717, 1.165) is 5.56 Å². The van der Waals surface area contributed by atoms with Crippen molar-refractivity contribution in [2.24, 2.45) is 0 Å². The molecule has 0 saturated carbocycles. The molecule has 1 saturated heterocycles. The van der Waals surface area contributed by atoms with Crippen LogP contribution in [0.4, 0.5) is 0 Å². The summed E-state index contributed by atoms with van der Waals surface area (Å²) in [5.41, 5.74) is 0.903. The first-order chi connectivity index (χ1) is 11.5. The van der Waals surface area contributed by atoms with Gasteiger partial charge in [-0.15, -0.1) is 0 Å². The molecule has 1 fully saturated rings. The molecule has 1 heterocycles. The van der Waals surface area contributed by atoms with Gasteiger partial charge in [0, 0.05) is 19.5 Å². The lowest BCUT2D eigenvalue weighted by atomic mass is 10.1. The highest BCUT2D eigenvalue weighted by Crippen LogP contribution is 2.25. The van der Waals surface area contributed by atoms with Crippen LogP contribution in [0.5, 0.6) is 11.5 Å². The molecule has 132 valence electrons. The minimum absolute atomic E-state index is 0.0152. The van der Waals surface area contributed by atoms with Gasteiger partial charge in [0.05, 0.1) is 33.4 Å². The fourth-order valence-electron chi connectivity index (χ4n) is 2.74. The zero-order chi connectivity index (χ0) is 17.5. The maximum absolute atomic E-state index is 12.4. The number of nitrogens with zero attached hydrogens (tertiary/aromatic N) is 1. The second kappa shape index (κ2) is 8.54. The van der Waals surface area contributed by atoms with Crippen LogP contribution in [0.15, 0.2) is 18.2 Å². The highest BCUT2D eigenvalue weighted by atomic mass is 16.5. The van der Waals surface area contributed by atoms with Crippen molar-refractivity contribution >= 4 is 11.9 Å². The SMILES string of the molecule is COc1ccc(OC)c(CCC(=O)N2CCOC(CC(=O)O)C2)c1. The van der Waals surface area contributed by atoms with E-state index in [9.17, 15) is 9.59 Å². The van der Waals surface area contributed by atoms with Gasteiger partial charge in [0.25, 0.3) is 0 Å². The van der Waals surface area contributed by atoms with Gasteiger partial charge < -0.3 is 24.2 Å². The van der Waals surface area contributed by atoms with Gasteiger partial charge in [0.2, 0.25) is 5.91 Å². The minimum Gasteiger partial charge on any atom is -0.497 e. The third kappa shape index (κ3) is 4.86. The van der Waals surface area contributed by atoms with Gasteiger partial charge >= 0.3 is 5.97 Å². The Morgan fingerprint density at radius 3 is 2.79 bits per heavy atom. The van der Waals surface area contributed by atoms with Crippen molar-refractivity contribution < 1.29 is 28.9 Å². The summed E-state index contributed by atoms with van der Waals surface area (Å²) >= 11 is 0. The Morgan fingerprint density at radius 2 is 2.12 bits per heavy atom. The number of methoxy groups -OCH3 is 2. The molecule has 1 aliphatic heterocycles. The molecule has 0 aromatic heterocycles. The molecular formula is C17H23NO6. The fraction of sp³-hybridized carbons (Fsp3) is 0.529. The van der Waals surface area contributed by atoms with Crippen LogP contribution in [-0.4, -0.2) is 61.9 Å². The normalized spacial score (nSPS) is 17.4. The van der Waals surface area contributed by atoms with Crippen molar-refractivity contribution in [3.63, 3.8) is 0 Å². The van der Waals surface area contributed by atoms with E-state index in [4.69, 9.17) is 19.3 Å². The zero-order valence-electron chi connectivity index (χ0n) is 14.0. The summed E-state index contributed by atoms with van der Waals surface area (Å²) in [7, 11) is 3.18. The van der Waals surface area contributed by atoms with Gasteiger partial charge in [-0.2, -0.15) is 0 Å². The van der Waals surface area contributed by atoms with Crippen molar-refractivity contribution in [2.45, 2.75) is 25.4 Å². The Bertz CT molecular complexity index is 588. The van der Waals surface area contributed by atoms with E-state index in [2.05, 4.69) is 0 Å². The van der Waals surface area contributed by atoms with Gasteiger partial charge in [-0.1, -0.05) is 0 Å². The summed E-state index contributed by atoms with van der Waals surface area (Å²) in [6, 6.07) is 5.48. The second-order valence-electron chi connectivity index (χ2n) is 5.61. The van der Waals surface area contributed by atoms with Crippen LogP contribution in [-0.2, 0) is 20.7 Å². The van der Waals surface area contributed by atoms with Crippen LogP contribution >= 0.6 is 0 Å². The standard InChI is InChI=1S/C17H23NO6/c1-22-13-4-5-15(23-2)12(9-13)3-6-16(19)18-7-8-24-14(11-18)10-17(20)21/h4-5,9,14H,3,6-8,10-11H2,1-2H3,(H,20,21). The Morgan fingerprint density at radius 1 is 1.33 bits per heavy atom. The highest BCUT2D eigenvalue weighted by Gasteiger charge is 2.25. The van der Waals surface area contributed by atoms with Crippen molar-refractivity contribution in [2.75, 3.05) is 33.9 Å². The number of rotatable bonds is 7. The van der Waals surface area contributed by atoms with E-state index >= 15 is 0 Å². The number of morpholine rings is 1. The average molecular weight is 337 g/mol. The molecule has 7 heteroatoms. The third-order valence-electron chi connectivity index (χ3n) is 3.99. The first kappa shape index (κ1) is 18.1. The summed E-state index contributed by atoms with van der Waals surface area (Å²) in [5.74, 6) is 0.495. The number of aliphatic carboxylic acids is 1. The van der Waals surface area contributed by atoms with Gasteiger partial charge in [-0.05, 0) is 30.2 Å². The lowest BCUT2D eigenvalue weighted by Gasteiger charge is -2.32. The maximum atomic E-state index is 12.4. The van der Waals surface area contributed by atoms with Crippen LogP contribution in [0.25, 0.3) is 0 Å². The molecule has 0 aliphatic carbocycles. The van der Waals surface area contributed by atoms with Gasteiger partial charge in [0.1, 0.15) is 11.5 Å². The quantitative estimate of drug-likeness (QED) is 0.808. The summed E-state index contributed by atoms with van der Waals surface area (Å²) < 4.78 is 15.9. The second-order valence-corrected chi connectivity index (χ2v) is 5.61. The number of carbonyl (C=O) groups is 2. The Balaban J connectivity index is 1.94. The van der Waals surface area contributed by atoms with Crippen LogP contribution in [0, 0.1) is 0 Å².